The Labute approximate surface area is 174 Å². The fraction of sp³-hybridized carbons (Fsp3) is 0.278. The first-order valence-electron chi connectivity index (χ1n) is 10.1. The fourth-order valence-electron chi connectivity index (χ4n) is 2.78. The van der Waals surface area contributed by atoms with Crippen LogP contribution in [0.15, 0.2) is 24.8 Å². The summed E-state index contributed by atoms with van der Waals surface area (Å²) >= 11 is 6.20. The number of ether oxygens (including phenoxy) is 1. The molecule has 2 amide bonds. The number of halogens is 1. The van der Waals surface area contributed by atoms with E-state index in [2.05, 4.69) is 25.7 Å². The topological polar surface area (TPSA) is 123 Å². The lowest BCUT2D eigenvalue weighted by atomic mass is 10.2. The quantitative estimate of drug-likeness (QED) is 0.561. The summed E-state index contributed by atoms with van der Waals surface area (Å²) in [5.41, 5.74) is 0.518. The summed E-state index contributed by atoms with van der Waals surface area (Å²) < 4.78 is 28.8. The summed E-state index contributed by atoms with van der Waals surface area (Å²) in [6.45, 7) is -2.70. The Balaban J connectivity index is 1.74. The number of nitrogens with zero attached hydrogens (tertiary/aromatic N) is 4. The second kappa shape index (κ2) is 7.55. The van der Waals surface area contributed by atoms with Crippen molar-refractivity contribution in [2.45, 2.75) is 12.8 Å². The molecule has 10 nitrogen and oxygen atoms in total. The molecule has 3 N–H and O–H groups in total. The predicted octanol–water partition coefficient (Wildman–Crippen LogP) is 2.24. The number of nitrogens with one attached hydrogen (secondary N) is 3. The number of amides is 2. The third-order valence-electron chi connectivity index (χ3n) is 4.40. The van der Waals surface area contributed by atoms with Crippen LogP contribution in [0, 0.1) is 5.92 Å². The largest absolute Gasteiger partial charge is 0.491 e. The number of hydrogen-bond donors (Lipinski definition) is 3. The van der Waals surface area contributed by atoms with Crippen molar-refractivity contribution in [3.8, 4) is 5.75 Å². The van der Waals surface area contributed by atoms with E-state index in [4.69, 9.17) is 20.5 Å². The van der Waals surface area contributed by atoms with Gasteiger partial charge in [0.2, 0.25) is 5.91 Å². The van der Waals surface area contributed by atoms with Crippen LogP contribution in [-0.4, -0.2) is 45.5 Å². The number of rotatable bonds is 6. The Hall–Kier alpha value is -3.40. The molecule has 4 rings (SSSR count). The van der Waals surface area contributed by atoms with Gasteiger partial charge in [0.05, 0.1) is 29.6 Å². The highest BCUT2D eigenvalue weighted by Gasteiger charge is 2.30. The Kier molecular flexibility index (Phi) is 4.04. The van der Waals surface area contributed by atoms with E-state index in [-0.39, 0.29) is 40.5 Å². The second-order valence-corrected chi connectivity index (χ2v) is 6.78. The maximum Gasteiger partial charge on any atom is 0.254 e. The molecule has 0 saturated heterocycles. The molecule has 0 unspecified atom stereocenters. The van der Waals surface area contributed by atoms with Crippen LogP contribution >= 0.6 is 11.6 Å². The zero-order chi connectivity index (χ0) is 23.0. The second-order valence-electron chi connectivity index (χ2n) is 6.37. The number of anilines is 3. The van der Waals surface area contributed by atoms with Gasteiger partial charge in [0, 0.05) is 29.3 Å². The molecule has 11 heteroatoms. The number of carbonyl (C=O) groups is 2. The molecule has 1 aliphatic rings. The van der Waals surface area contributed by atoms with Crippen LogP contribution in [0.3, 0.4) is 0 Å². The van der Waals surface area contributed by atoms with Gasteiger partial charge in [-0.05, 0) is 12.8 Å². The van der Waals surface area contributed by atoms with E-state index in [1.165, 1.54) is 36.4 Å². The molecule has 3 aromatic rings. The molecule has 3 heterocycles. The number of carbonyl (C=O) groups excluding carboxylic acids is 2. The highest BCUT2D eigenvalue weighted by atomic mass is 35.5. The Morgan fingerprint density at radius 2 is 2.17 bits per heavy atom. The van der Waals surface area contributed by atoms with Crippen molar-refractivity contribution in [3.63, 3.8) is 0 Å². The Morgan fingerprint density at radius 1 is 1.34 bits per heavy atom. The van der Waals surface area contributed by atoms with Crippen LogP contribution in [0.25, 0.3) is 5.52 Å². The minimum atomic E-state index is -2.70. The molecule has 0 bridgehead atoms. The molecule has 1 saturated carbocycles. The van der Waals surface area contributed by atoms with Crippen LogP contribution in [0.2, 0.25) is 5.02 Å². The lowest BCUT2D eigenvalue weighted by molar-refractivity contribution is -0.117. The van der Waals surface area contributed by atoms with Crippen molar-refractivity contribution in [3.05, 3.63) is 35.4 Å². The summed E-state index contributed by atoms with van der Waals surface area (Å²) in [5.74, 6) is -0.487. The minimum absolute atomic E-state index is 0.0556. The smallest absolute Gasteiger partial charge is 0.254 e. The van der Waals surface area contributed by atoms with Crippen molar-refractivity contribution >= 4 is 46.3 Å². The molecular formula is C18H18ClN7O3. The van der Waals surface area contributed by atoms with Gasteiger partial charge in [-0.1, -0.05) is 11.6 Å². The summed E-state index contributed by atoms with van der Waals surface area (Å²) in [6, 6.07) is 1.41. The molecule has 150 valence electrons. The average molecular weight is 419 g/mol. The van der Waals surface area contributed by atoms with Crippen LogP contribution < -0.4 is 20.7 Å². The molecule has 0 radical (unpaired) electrons. The van der Waals surface area contributed by atoms with E-state index in [1.54, 1.807) is 0 Å². The molecule has 0 aliphatic heterocycles. The van der Waals surface area contributed by atoms with Crippen LogP contribution in [0.1, 0.15) is 27.3 Å². The molecule has 0 aromatic carbocycles. The van der Waals surface area contributed by atoms with E-state index >= 15 is 0 Å². The lowest BCUT2D eigenvalue weighted by Gasteiger charge is -2.15. The van der Waals surface area contributed by atoms with E-state index in [0.29, 0.717) is 10.5 Å². The van der Waals surface area contributed by atoms with Gasteiger partial charge in [0.25, 0.3) is 5.91 Å². The van der Waals surface area contributed by atoms with Gasteiger partial charge < -0.3 is 20.7 Å². The van der Waals surface area contributed by atoms with Crippen molar-refractivity contribution in [1.29, 1.82) is 0 Å². The first-order valence-corrected chi connectivity index (χ1v) is 9.00. The number of aromatic nitrogens is 4. The Bertz CT molecular complexity index is 1210. The normalized spacial score (nSPS) is 15.2. The third-order valence-corrected chi connectivity index (χ3v) is 4.67. The zero-order valence-electron chi connectivity index (χ0n) is 18.2. The van der Waals surface area contributed by atoms with Gasteiger partial charge in [0.15, 0.2) is 11.6 Å². The fourth-order valence-corrected chi connectivity index (χ4v) is 3.00. The first-order chi connectivity index (χ1) is 15.2. The number of methoxy groups -OCH3 is 1. The van der Waals surface area contributed by atoms with Crippen LogP contribution in [0.5, 0.6) is 5.75 Å². The van der Waals surface area contributed by atoms with Crippen molar-refractivity contribution in [1.82, 2.24) is 24.9 Å². The van der Waals surface area contributed by atoms with E-state index in [9.17, 15) is 9.59 Å². The third kappa shape index (κ3) is 3.66. The molecule has 0 atom stereocenters. The molecule has 3 aromatic heterocycles. The van der Waals surface area contributed by atoms with Gasteiger partial charge in [0.1, 0.15) is 17.7 Å². The van der Waals surface area contributed by atoms with Gasteiger partial charge in [-0.2, -0.15) is 5.10 Å². The van der Waals surface area contributed by atoms with Crippen LogP contribution in [0.4, 0.5) is 17.3 Å². The summed E-state index contributed by atoms with van der Waals surface area (Å²) in [7, 11) is 1.42. The van der Waals surface area contributed by atoms with Gasteiger partial charge in [-0.25, -0.2) is 14.5 Å². The maximum absolute atomic E-state index is 12.6. The SMILES string of the molecule is [2H]C([2H])([2H])NC(=O)c1cnc(NC(=O)C2CC2)cc1Nc1ncn2ncc(Cl)c2c1OC. The first kappa shape index (κ1) is 15.5. The summed E-state index contributed by atoms with van der Waals surface area (Å²) in [6.07, 6.45) is 5.61. The maximum atomic E-state index is 12.6. The molecule has 29 heavy (non-hydrogen) atoms. The number of hydrogen-bond acceptors (Lipinski definition) is 7. The van der Waals surface area contributed by atoms with Crippen molar-refractivity contribution in [2.24, 2.45) is 5.92 Å². The monoisotopic (exact) mass is 418 g/mol. The number of fused-ring (bicyclic) bond motifs is 1. The van der Waals surface area contributed by atoms with Gasteiger partial charge in [-0.15, -0.1) is 0 Å². The van der Waals surface area contributed by atoms with E-state index in [0.717, 1.165) is 12.8 Å². The van der Waals surface area contributed by atoms with E-state index < -0.39 is 12.9 Å². The number of pyridine rings is 1. The van der Waals surface area contributed by atoms with E-state index in [1.807, 2.05) is 5.32 Å². The highest BCUT2D eigenvalue weighted by molar-refractivity contribution is 6.34. The highest BCUT2D eigenvalue weighted by Crippen LogP contribution is 2.35. The average Bonchev–Trinajstić information content (AvgIpc) is 3.50. The summed E-state index contributed by atoms with van der Waals surface area (Å²) in [5, 5.41) is 11.9. The molecular weight excluding hydrogens is 398 g/mol. The molecule has 1 fully saturated rings. The van der Waals surface area contributed by atoms with Crippen molar-refractivity contribution in [2.75, 3.05) is 24.7 Å². The molecule has 0 spiro atoms. The lowest BCUT2D eigenvalue weighted by Crippen LogP contribution is -2.21. The summed E-state index contributed by atoms with van der Waals surface area (Å²) in [4.78, 5) is 33.0. The predicted molar refractivity (Wildman–Crippen MR) is 107 cm³/mol. The minimum Gasteiger partial charge on any atom is -0.491 e. The molecule has 1 aliphatic carbocycles. The Morgan fingerprint density at radius 3 is 2.90 bits per heavy atom. The standard InChI is InChI=1S/C18H18ClN7O3/c1-20-18(28)10-6-21-13(25-17(27)9-3-4-9)5-12(10)24-16-15(29-2)14-11(19)7-23-26(14)8-22-16/h5-9H,3-4H2,1-2H3,(H,20,28)(H2,21,24,25,27)/i1D3. The van der Waals surface area contributed by atoms with Crippen molar-refractivity contribution < 1.29 is 18.4 Å². The van der Waals surface area contributed by atoms with Gasteiger partial charge >= 0.3 is 0 Å². The van der Waals surface area contributed by atoms with Crippen LogP contribution in [-0.2, 0) is 4.79 Å². The van der Waals surface area contributed by atoms with Gasteiger partial charge in [-0.3, -0.25) is 9.59 Å². The zero-order valence-corrected chi connectivity index (χ0v) is 15.9.